The molecule has 2 amide bonds. The van der Waals surface area contributed by atoms with E-state index in [4.69, 9.17) is 14.2 Å². The smallest absolute Gasteiger partial charge is 0.245 e. The number of hydrogen-bond donors (Lipinski definition) is 1. The van der Waals surface area contributed by atoms with Crippen LogP contribution in [0.3, 0.4) is 0 Å². The van der Waals surface area contributed by atoms with Crippen LogP contribution in [0.4, 0.5) is 5.69 Å². The summed E-state index contributed by atoms with van der Waals surface area (Å²) < 4.78 is 17.1. The highest BCUT2D eigenvalue weighted by Crippen LogP contribution is 2.36. The molecule has 0 bridgehead atoms. The van der Waals surface area contributed by atoms with Gasteiger partial charge >= 0.3 is 0 Å². The molecule has 1 atom stereocenters. The van der Waals surface area contributed by atoms with E-state index in [-0.39, 0.29) is 18.2 Å². The quantitative estimate of drug-likeness (QED) is 0.415. The number of ether oxygens (including phenoxy) is 3. The fourth-order valence-corrected chi connectivity index (χ4v) is 3.94. The monoisotopic (exact) mass is 503 g/mol. The summed E-state index contributed by atoms with van der Waals surface area (Å²) in [5.74, 6) is 1.04. The van der Waals surface area contributed by atoms with Crippen LogP contribution in [0.25, 0.3) is 0 Å². The van der Waals surface area contributed by atoms with Crippen molar-refractivity contribution >= 4 is 39.6 Å². The van der Waals surface area contributed by atoms with Gasteiger partial charge in [-0.2, -0.15) is 5.10 Å². The van der Waals surface area contributed by atoms with Crippen molar-refractivity contribution < 1.29 is 23.8 Å². The molecule has 0 spiro atoms. The fraction of sp³-hybridized carbons (Fsp3) is 0.348. The van der Waals surface area contributed by atoms with E-state index in [1.165, 1.54) is 6.21 Å². The first-order valence-corrected chi connectivity index (χ1v) is 11.1. The maximum absolute atomic E-state index is 12.6. The summed E-state index contributed by atoms with van der Waals surface area (Å²) >= 11 is 3.48. The second kappa shape index (κ2) is 11.0. The molecular weight excluding hydrogens is 478 g/mol. The molecule has 1 aliphatic heterocycles. The molecule has 32 heavy (non-hydrogen) atoms. The zero-order valence-corrected chi connectivity index (χ0v) is 19.8. The van der Waals surface area contributed by atoms with E-state index < -0.39 is 5.92 Å². The Hall–Kier alpha value is -3.07. The molecule has 8 nitrogen and oxygen atoms in total. The van der Waals surface area contributed by atoms with Crippen molar-refractivity contribution in [2.45, 2.75) is 20.3 Å². The number of benzene rings is 2. The molecule has 0 radical (unpaired) electrons. The minimum absolute atomic E-state index is 0.101. The van der Waals surface area contributed by atoms with E-state index >= 15 is 0 Å². The number of nitrogens with one attached hydrogen (secondary N) is 1. The number of hydrazone groups is 1. The van der Waals surface area contributed by atoms with Crippen molar-refractivity contribution in [2.24, 2.45) is 11.0 Å². The Morgan fingerprint density at radius 1 is 1.22 bits per heavy atom. The van der Waals surface area contributed by atoms with Gasteiger partial charge in [-0.05, 0) is 71.7 Å². The summed E-state index contributed by atoms with van der Waals surface area (Å²) in [5, 5.41) is 4.06. The summed E-state index contributed by atoms with van der Waals surface area (Å²) in [5.41, 5.74) is 4.00. The van der Waals surface area contributed by atoms with Crippen LogP contribution in [-0.4, -0.2) is 44.9 Å². The number of methoxy groups -OCH3 is 1. The standard InChI is InChI=1S/C23H26BrN3O5/c1-4-31-20-11-15(10-19(24)22(20)32-5-2)13-25-26-23(29)16-12-21(28)27(14-16)17-6-8-18(30-3)9-7-17/h6-11,13,16H,4-5,12,14H2,1-3H3,(H,26,29)/b25-13+/t16-/m0/s1. The second-order valence-corrected chi connectivity index (χ2v) is 7.89. The van der Waals surface area contributed by atoms with E-state index in [0.717, 1.165) is 15.7 Å². The molecular formula is C23H26BrN3O5. The zero-order chi connectivity index (χ0) is 23.1. The summed E-state index contributed by atoms with van der Waals surface area (Å²) in [6, 6.07) is 10.8. The van der Waals surface area contributed by atoms with Crippen LogP contribution >= 0.6 is 15.9 Å². The lowest BCUT2D eigenvalue weighted by atomic mass is 10.1. The molecule has 0 aliphatic carbocycles. The normalized spacial score (nSPS) is 15.8. The number of carbonyl (C=O) groups excluding carboxylic acids is 2. The van der Waals surface area contributed by atoms with Crippen LogP contribution in [0.5, 0.6) is 17.2 Å². The van der Waals surface area contributed by atoms with Gasteiger partial charge in [0, 0.05) is 18.7 Å². The van der Waals surface area contributed by atoms with Gasteiger partial charge in [0.15, 0.2) is 11.5 Å². The van der Waals surface area contributed by atoms with E-state index in [9.17, 15) is 9.59 Å². The Kier molecular flexibility index (Phi) is 8.10. The van der Waals surface area contributed by atoms with Crippen molar-refractivity contribution in [3.05, 3.63) is 46.4 Å². The molecule has 170 valence electrons. The molecule has 3 rings (SSSR count). The lowest BCUT2D eigenvalue weighted by Crippen LogP contribution is -2.30. The number of halogens is 1. The zero-order valence-electron chi connectivity index (χ0n) is 18.3. The van der Waals surface area contributed by atoms with Crippen LogP contribution in [0.2, 0.25) is 0 Å². The number of nitrogens with zero attached hydrogens (tertiary/aromatic N) is 2. The van der Waals surface area contributed by atoms with Gasteiger partial charge in [-0.3, -0.25) is 9.59 Å². The van der Waals surface area contributed by atoms with Crippen LogP contribution in [-0.2, 0) is 9.59 Å². The number of carbonyl (C=O) groups is 2. The Morgan fingerprint density at radius 2 is 1.94 bits per heavy atom. The van der Waals surface area contributed by atoms with Gasteiger partial charge in [-0.1, -0.05) is 0 Å². The number of rotatable bonds is 9. The average molecular weight is 504 g/mol. The van der Waals surface area contributed by atoms with Gasteiger partial charge < -0.3 is 19.1 Å². The van der Waals surface area contributed by atoms with Crippen molar-refractivity contribution in [2.75, 3.05) is 31.8 Å². The average Bonchev–Trinajstić information content (AvgIpc) is 3.18. The molecule has 2 aromatic rings. The minimum atomic E-state index is -0.479. The first-order chi connectivity index (χ1) is 15.5. The third kappa shape index (κ3) is 5.59. The van der Waals surface area contributed by atoms with Gasteiger partial charge in [0.05, 0.1) is 36.9 Å². The lowest BCUT2D eigenvalue weighted by molar-refractivity contribution is -0.126. The highest BCUT2D eigenvalue weighted by Gasteiger charge is 2.35. The summed E-state index contributed by atoms with van der Waals surface area (Å²) in [6.45, 7) is 5.09. The van der Waals surface area contributed by atoms with Crippen LogP contribution in [0, 0.1) is 5.92 Å². The van der Waals surface area contributed by atoms with Crippen molar-refractivity contribution in [1.82, 2.24) is 5.43 Å². The lowest BCUT2D eigenvalue weighted by Gasteiger charge is -2.16. The highest BCUT2D eigenvalue weighted by atomic mass is 79.9. The Labute approximate surface area is 195 Å². The van der Waals surface area contributed by atoms with E-state index in [2.05, 4.69) is 26.5 Å². The molecule has 0 unspecified atom stereocenters. The van der Waals surface area contributed by atoms with Gasteiger partial charge in [0.25, 0.3) is 0 Å². The highest BCUT2D eigenvalue weighted by molar-refractivity contribution is 9.10. The summed E-state index contributed by atoms with van der Waals surface area (Å²) in [6.07, 6.45) is 1.66. The molecule has 9 heteroatoms. The Bertz CT molecular complexity index is 994. The minimum Gasteiger partial charge on any atom is -0.497 e. The largest absolute Gasteiger partial charge is 0.497 e. The van der Waals surface area contributed by atoms with Crippen LogP contribution in [0.1, 0.15) is 25.8 Å². The fourth-order valence-electron chi connectivity index (χ4n) is 3.37. The predicted molar refractivity (Wildman–Crippen MR) is 126 cm³/mol. The second-order valence-electron chi connectivity index (χ2n) is 7.03. The van der Waals surface area contributed by atoms with Gasteiger partial charge in [-0.25, -0.2) is 5.43 Å². The van der Waals surface area contributed by atoms with Crippen LogP contribution in [0.15, 0.2) is 46.0 Å². The van der Waals surface area contributed by atoms with E-state index in [1.807, 2.05) is 19.9 Å². The van der Waals surface area contributed by atoms with Gasteiger partial charge in [0.1, 0.15) is 5.75 Å². The van der Waals surface area contributed by atoms with Crippen molar-refractivity contribution in [3.8, 4) is 17.2 Å². The van der Waals surface area contributed by atoms with Crippen LogP contribution < -0.4 is 24.5 Å². The third-order valence-electron chi connectivity index (χ3n) is 4.89. The first kappa shape index (κ1) is 23.6. The molecule has 0 saturated carbocycles. The van der Waals surface area contributed by atoms with Crippen molar-refractivity contribution in [1.29, 1.82) is 0 Å². The molecule has 0 aromatic heterocycles. The third-order valence-corrected chi connectivity index (χ3v) is 5.48. The molecule has 1 fully saturated rings. The maximum Gasteiger partial charge on any atom is 0.245 e. The number of amides is 2. The molecule has 1 aliphatic rings. The first-order valence-electron chi connectivity index (χ1n) is 10.3. The molecule has 2 aromatic carbocycles. The Morgan fingerprint density at radius 3 is 2.59 bits per heavy atom. The van der Waals surface area contributed by atoms with Crippen molar-refractivity contribution in [3.63, 3.8) is 0 Å². The van der Waals surface area contributed by atoms with E-state index in [0.29, 0.717) is 37.0 Å². The number of hydrogen-bond acceptors (Lipinski definition) is 6. The summed E-state index contributed by atoms with van der Waals surface area (Å²) in [7, 11) is 1.58. The Balaban J connectivity index is 1.63. The number of anilines is 1. The summed E-state index contributed by atoms with van der Waals surface area (Å²) in [4.78, 5) is 26.6. The topological polar surface area (TPSA) is 89.5 Å². The van der Waals surface area contributed by atoms with Gasteiger partial charge in [-0.15, -0.1) is 0 Å². The maximum atomic E-state index is 12.6. The SMILES string of the molecule is CCOc1cc(/C=N/NC(=O)[C@H]2CC(=O)N(c3ccc(OC)cc3)C2)cc(Br)c1OCC. The predicted octanol–water partition coefficient (Wildman–Crippen LogP) is 3.76. The molecule has 1 saturated heterocycles. The van der Waals surface area contributed by atoms with Gasteiger partial charge in [0.2, 0.25) is 11.8 Å². The molecule has 1 N–H and O–H groups in total. The molecule has 1 heterocycles. The van der Waals surface area contributed by atoms with E-state index in [1.54, 1.807) is 42.3 Å².